The number of benzene rings is 1. The maximum Gasteiger partial charge on any atom is 0.321 e. The third kappa shape index (κ3) is 6.70. The summed E-state index contributed by atoms with van der Waals surface area (Å²) >= 11 is 0. The second kappa shape index (κ2) is 11.5. The fraction of sp³-hybridized carbons (Fsp3) is 0.480. The van der Waals surface area contributed by atoms with Crippen molar-refractivity contribution < 1.29 is 14.3 Å². The highest BCUT2D eigenvalue weighted by molar-refractivity contribution is 5.91. The first-order chi connectivity index (χ1) is 15.5. The molecule has 0 bridgehead atoms. The molecule has 1 fully saturated rings. The molecule has 1 aliphatic heterocycles. The number of aryl methyl sites for hydroxylation is 1. The minimum absolute atomic E-state index is 0.114. The number of methoxy groups -OCH3 is 1. The summed E-state index contributed by atoms with van der Waals surface area (Å²) in [7, 11) is 3.45. The zero-order chi connectivity index (χ0) is 22.9. The third-order valence-electron chi connectivity index (χ3n) is 6.02. The lowest BCUT2D eigenvalue weighted by atomic mass is 9.93. The van der Waals surface area contributed by atoms with E-state index in [0.29, 0.717) is 36.9 Å². The molecule has 1 unspecified atom stereocenters. The molecule has 1 aromatic heterocycles. The van der Waals surface area contributed by atoms with Gasteiger partial charge in [-0.2, -0.15) is 0 Å². The second-order valence-electron chi connectivity index (χ2n) is 8.51. The Bertz CT molecular complexity index is 903. The van der Waals surface area contributed by atoms with Crippen LogP contribution in [-0.4, -0.2) is 60.5 Å². The van der Waals surface area contributed by atoms with Crippen molar-refractivity contribution in [1.29, 1.82) is 0 Å². The average molecular weight is 439 g/mol. The number of nitrogens with zero attached hydrogens (tertiary/aromatic N) is 3. The van der Waals surface area contributed by atoms with E-state index in [2.05, 4.69) is 10.3 Å². The van der Waals surface area contributed by atoms with Crippen LogP contribution in [0.1, 0.15) is 36.9 Å². The Balaban J connectivity index is 1.45. The van der Waals surface area contributed by atoms with Crippen LogP contribution in [-0.2, 0) is 11.2 Å². The molecule has 2 heterocycles. The van der Waals surface area contributed by atoms with Gasteiger partial charge >= 0.3 is 6.03 Å². The Hall–Kier alpha value is -3.09. The number of anilines is 1. The Morgan fingerprint density at radius 2 is 2.12 bits per heavy atom. The highest BCUT2D eigenvalue weighted by atomic mass is 16.5. The number of rotatable bonds is 8. The maximum absolute atomic E-state index is 12.8. The van der Waals surface area contributed by atoms with E-state index in [9.17, 15) is 9.59 Å². The molecule has 7 nitrogen and oxygen atoms in total. The van der Waals surface area contributed by atoms with E-state index >= 15 is 0 Å². The lowest BCUT2D eigenvalue weighted by molar-refractivity contribution is -0.130. The van der Waals surface area contributed by atoms with Crippen LogP contribution in [0.2, 0.25) is 0 Å². The number of likely N-dealkylation sites (tertiary alicyclic amines) is 1. The maximum atomic E-state index is 12.8. The molecule has 1 aliphatic rings. The van der Waals surface area contributed by atoms with Gasteiger partial charge in [0.2, 0.25) is 5.91 Å². The molecule has 32 heavy (non-hydrogen) atoms. The van der Waals surface area contributed by atoms with E-state index in [4.69, 9.17) is 4.74 Å². The number of amides is 3. The zero-order valence-corrected chi connectivity index (χ0v) is 19.3. The van der Waals surface area contributed by atoms with Crippen LogP contribution in [0.25, 0.3) is 0 Å². The highest BCUT2D eigenvalue weighted by Crippen LogP contribution is 2.27. The van der Waals surface area contributed by atoms with Crippen LogP contribution in [0.5, 0.6) is 5.75 Å². The van der Waals surface area contributed by atoms with Gasteiger partial charge < -0.3 is 19.9 Å². The summed E-state index contributed by atoms with van der Waals surface area (Å²) in [6, 6.07) is 11.4. The van der Waals surface area contributed by atoms with Crippen molar-refractivity contribution in [2.24, 2.45) is 5.92 Å². The molecular weight excluding hydrogens is 404 g/mol. The molecule has 0 aliphatic carbocycles. The molecule has 1 N–H and O–H groups in total. The van der Waals surface area contributed by atoms with Crippen LogP contribution in [0, 0.1) is 12.8 Å². The first-order valence-corrected chi connectivity index (χ1v) is 11.3. The highest BCUT2D eigenvalue weighted by Gasteiger charge is 2.25. The van der Waals surface area contributed by atoms with Crippen LogP contribution < -0.4 is 10.1 Å². The molecule has 2 aromatic rings. The van der Waals surface area contributed by atoms with Crippen molar-refractivity contribution in [3.63, 3.8) is 0 Å². The Morgan fingerprint density at radius 1 is 1.28 bits per heavy atom. The predicted molar refractivity (Wildman–Crippen MR) is 126 cm³/mol. The molecule has 0 radical (unpaired) electrons. The fourth-order valence-electron chi connectivity index (χ4n) is 4.07. The molecule has 1 saturated heterocycles. The first-order valence-electron chi connectivity index (χ1n) is 11.3. The molecule has 0 spiro atoms. The van der Waals surface area contributed by atoms with Gasteiger partial charge in [-0.3, -0.25) is 9.78 Å². The number of ether oxygens (including phenoxy) is 1. The van der Waals surface area contributed by atoms with Gasteiger partial charge in [-0.1, -0.05) is 12.1 Å². The van der Waals surface area contributed by atoms with Crippen molar-refractivity contribution in [1.82, 2.24) is 14.8 Å². The lowest BCUT2D eigenvalue weighted by Gasteiger charge is -2.33. The predicted octanol–water partition coefficient (Wildman–Crippen LogP) is 4.12. The smallest absolute Gasteiger partial charge is 0.321 e. The van der Waals surface area contributed by atoms with Crippen molar-refractivity contribution >= 4 is 17.6 Å². The normalized spacial score (nSPS) is 15.8. The number of urea groups is 1. The first kappa shape index (κ1) is 23.6. The second-order valence-corrected chi connectivity index (χ2v) is 8.51. The molecule has 1 aromatic carbocycles. The standard InChI is InChI=1S/C25H34N4O3/c1-19-9-11-23(32-3)22(17-19)27-25(31)29-15-6-7-20(18-29)10-12-24(30)28(2)16-13-21-8-4-5-14-26-21/h4-5,8-9,11,14,17,20H,6-7,10,12-13,15-16,18H2,1-3H3,(H,27,31). The van der Waals surface area contributed by atoms with Crippen LogP contribution in [0.4, 0.5) is 10.5 Å². The number of aromatic nitrogens is 1. The van der Waals surface area contributed by atoms with Gasteiger partial charge in [-0.25, -0.2) is 4.79 Å². The molecular formula is C25H34N4O3. The SMILES string of the molecule is COc1ccc(C)cc1NC(=O)N1CCCC(CCC(=O)N(C)CCc2ccccn2)C1. The Kier molecular flexibility index (Phi) is 8.48. The largest absolute Gasteiger partial charge is 0.495 e. The van der Waals surface area contributed by atoms with Gasteiger partial charge in [-0.05, 0) is 61.9 Å². The van der Waals surface area contributed by atoms with Crippen LogP contribution in [0.3, 0.4) is 0 Å². The van der Waals surface area contributed by atoms with Gasteiger partial charge in [0.05, 0.1) is 12.8 Å². The molecule has 3 amide bonds. The average Bonchev–Trinajstić information content (AvgIpc) is 2.82. The number of likely N-dealkylation sites (N-methyl/N-ethyl adjacent to an activating group) is 1. The lowest BCUT2D eigenvalue weighted by Crippen LogP contribution is -2.42. The summed E-state index contributed by atoms with van der Waals surface area (Å²) in [4.78, 5) is 33.3. The summed E-state index contributed by atoms with van der Waals surface area (Å²) in [6.45, 7) is 4.04. The zero-order valence-electron chi connectivity index (χ0n) is 19.3. The van der Waals surface area contributed by atoms with Crippen LogP contribution >= 0.6 is 0 Å². The van der Waals surface area contributed by atoms with Crippen molar-refractivity contribution in [2.75, 3.05) is 39.1 Å². The molecule has 0 saturated carbocycles. The van der Waals surface area contributed by atoms with Gasteiger partial charge in [0, 0.05) is 51.4 Å². The summed E-state index contributed by atoms with van der Waals surface area (Å²) in [5, 5.41) is 2.99. The van der Waals surface area contributed by atoms with Gasteiger partial charge in [0.25, 0.3) is 0 Å². The number of hydrogen-bond acceptors (Lipinski definition) is 4. The van der Waals surface area contributed by atoms with Crippen molar-refractivity contribution in [3.8, 4) is 5.75 Å². The minimum Gasteiger partial charge on any atom is -0.495 e. The van der Waals surface area contributed by atoms with Crippen molar-refractivity contribution in [2.45, 2.75) is 39.0 Å². The number of nitrogens with one attached hydrogen (secondary N) is 1. The quantitative estimate of drug-likeness (QED) is 0.673. The van der Waals surface area contributed by atoms with E-state index in [0.717, 1.165) is 43.5 Å². The van der Waals surface area contributed by atoms with Crippen molar-refractivity contribution in [3.05, 3.63) is 53.9 Å². The Labute approximate surface area is 190 Å². The molecule has 1 atom stereocenters. The number of carbonyl (C=O) groups excluding carboxylic acids is 2. The number of piperidine rings is 1. The molecule has 172 valence electrons. The monoisotopic (exact) mass is 438 g/mol. The fourth-order valence-corrected chi connectivity index (χ4v) is 4.07. The van der Waals surface area contributed by atoms with Crippen LogP contribution in [0.15, 0.2) is 42.6 Å². The van der Waals surface area contributed by atoms with Gasteiger partial charge in [-0.15, -0.1) is 0 Å². The summed E-state index contributed by atoms with van der Waals surface area (Å²) in [6.07, 6.45) is 5.82. The van der Waals surface area contributed by atoms with Gasteiger partial charge in [0.1, 0.15) is 5.75 Å². The number of pyridine rings is 1. The molecule has 3 rings (SSSR count). The van der Waals surface area contributed by atoms with E-state index in [1.165, 1.54) is 0 Å². The topological polar surface area (TPSA) is 74.8 Å². The van der Waals surface area contributed by atoms with E-state index < -0.39 is 0 Å². The third-order valence-corrected chi connectivity index (χ3v) is 6.02. The van der Waals surface area contributed by atoms with E-state index in [1.807, 2.05) is 55.3 Å². The summed E-state index contributed by atoms with van der Waals surface area (Å²) in [5.41, 5.74) is 2.74. The van der Waals surface area contributed by atoms with Gasteiger partial charge in [0.15, 0.2) is 0 Å². The van der Waals surface area contributed by atoms with E-state index in [1.54, 1.807) is 18.2 Å². The van der Waals surface area contributed by atoms with E-state index in [-0.39, 0.29) is 11.9 Å². The number of hydrogen-bond donors (Lipinski definition) is 1. The molecule has 7 heteroatoms. The Morgan fingerprint density at radius 3 is 2.88 bits per heavy atom. The summed E-state index contributed by atoms with van der Waals surface area (Å²) in [5.74, 6) is 1.13. The number of carbonyl (C=O) groups is 2. The summed E-state index contributed by atoms with van der Waals surface area (Å²) < 4.78 is 5.37. The minimum atomic E-state index is -0.114.